The van der Waals surface area contributed by atoms with Crippen LogP contribution >= 0.6 is 0 Å². The van der Waals surface area contributed by atoms with Gasteiger partial charge in [-0.3, -0.25) is 9.59 Å². The Morgan fingerprint density at radius 2 is 2.14 bits per heavy atom. The average Bonchev–Trinajstić information content (AvgIpc) is 2.53. The summed E-state index contributed by atoms with van der Waals surface area (Å²) in [6.07, 6.45) is 0.343. The smallest absolute Gasteiger partial charge is 0.320 e. The number of fused-ring (bicyclic) bond motifs is 1. The summed E-state index contributed by atoms with van der Waals surface area (Å²) in [6.45, 7) is 0. The maximum Gasteiger partial charge on any atom is 0.320 e. The van der Waals surface area contributed by atoms with Gasteiger partial charge in [0.2, 0.25) is 0 Å². The van der Waals surface area contributed by atoms with Crippen LogP contribution in [0.4, 0.5) is 0 Å². The van der Waals surface area contributed by atoms with Crippen molar-refractivity contribution < 1.29 is 14.3 Å². The van der Waals surface area contributed by atoms with E-state index in [1.165, 1.54) is 7.11 Å². The lowest BCUT2D eigenvalue weighted by Crippen LogP contribution is -2.18. The van der Waals surface area contributed by atoms with E-state index in [0.717, 1.165) is 11.1 Å². The zero-order chi connectivity index (χ0) is 10.1. The molecule has 0 aliphatic heterocycles. The summed E-state index contributed by atoms with van der Waals surface area (Å²) in [6, 6.07) is 7.37. The van der Waals surface area contributed by atoms with Gasteiger partial charge in [-0.25, -0.2) is 0 Å². The third-order valence-electron chi connectivity index (χ3n) is 2.49. The summed E-state index contributed by atoms with van der Waals surface area (Å²) in [4.78, 5) is 22.9. The molecule has 0 spiro atoms. The Morgan fingerprint density at radius 3 is 2.86 bits per heavy atom. The Balaban J connectivity index is 2.44. The van der Waals surface area contributed by atoms with Crippen LogP contribution in [0.3, 0.4) is 0 Å². The molecule has 0 saturated heterocycles. The molecule has 0 bridgehead atoms. The molecule has 0 fully saturated rings. The van der Waals surface area contributed by atoms with E-state index in [-0.39, 0.29) is 5.78 Å². The monoisotopic (exact) mass is 190 g/mol. The zero-order valence-corrected chi connectivity index (χ0v) is 7.82. The number of hydrogen-bond acceptors (Lipinski definition) is 3. The van der Waals surface area contributed by atoms with Gasteiger partial charge in [-0.2, -0.15) is 0 Å². The Bertz CT molecular complexity index is 387. The Kier molecular flexibility index (Phi) is 2.08. The molecule has 14 heavy (non-hydrogen) atoms. The number of carbonyl (C=O) groups excluding carboxylic acids is 2. The highest BCUT2D eigenvalue weighted by atomic mass is 16.5. The van der Waals surface area contributed by atoms with Gasteiger partial charge in [0, 0.05) is 6.42 Å². The van der Waals surface area contributed by atoms with Gasteiger partial charge in [0.25, 0.3) is 0 Å². The third kappa shape index (κ3) is 1.21. The molecule has 72 valence electrons. The molecule has 1 atom stereocenters. The first-order chi connectivity index (χ1) is 6.74. The van der Waals surface area contributed by atoms with Gasteiger partial charge < -0.3 is 4.74 Å². The molecule has 2 rings (SSSR count). The molecule has 0 saturated carbocycles. The number of carbonyl (C=O) groups is 2. The van der Waals surface area contributed by atoms with Crippen LogP contribution in [-0.2, 0) is 20.7 Å². The van der Waals surface area contributed by atoms with E-state index in [9.17, 15) is 9.59 Å². The minimum atomic E-state index is -0.698. The molecule has 0 N–H and O–H groups in total. The number of ether oxygens (including phenoxy) is 1. The summed E-state index contributed by atoms with van der Waals surface area (Å²) >= 11 is 0. The summed E-state index contributed by atoms with van der Waals surface area (Å²) in [5.74, 6) is -1.23. The van der Waals surface area contributed by atoms with Crippen molar-refractivity contribution in [1.29, 1.82) is 0 Å². The topological polar surface area (TPSA) is 43.4 Å². The lowest BCUT2D eigenvalue weighted by molar-refractivity contribution is -0.145. The summed E-state index contributed by atoms with van der Waals surface area (Å²) < 4.78 is 4.60. The summed E-state index contributed by atoms with van der Waals surface area (Å²) in [5.41, 5.74) is 1.73. The first kappa shape index (κ1) is 8.94. The molecule has 1 aliphatic carbocycles. The van der Waals surface area contributed by atoms with Crippen molar-refractivity contribution in [1.82, 2.24) is 0 Å². The SMILES string of the molecule is COC(=O)C1C(=O)Cc2ccccc21. The van der Waals surface area contributed by atoms with Crippen molar-refractivity contribution in [2.75, 3.05) is 7.11 Å². The molecule has 0 heterocycles. The highest BCUT2D eigenvalue weighted by molar-refractivity contribution is 6.08. The van der Waals surface area contributed by atoms with Gasteiger partial charge in [-0.1, -0.05) is 24.3 Å². The summed E-state index contributed by atoms with van der Waals surface area (Å²) in [5, 5.41) is 0. The quantitative estimate of drug-likeness (QED) is 0.491. The maximum atomic E-state index is 11.5. The van der Waals surface area contributed by atoms with Crippen molar-refractivity contribution in [3.05, 3.63) is 35.4 Å². The fourth-order valence-electron chi connectivity index (χ4n) is 1.82. The highest BCUT2D eigenvalue weighted by Crippen LogP contribution is 2.30. The molecule has 3 heteroatoms. The number of rotatable bonds is 1. The zero-order valence-electron chi connectivity index (χ0n) is 7.82. The predicted octanol–water partition coefficient (Wildman–Crippen LogP) is 1.07. The fourth-order valence-corrected chi connectivity index (χ4v) is 1.82. The van der Waals surface area contributed by atoms with Gasteiger partial charge in [0.05, 0.1) is 7.11 Å². The van der Waals surface area contributed by atoms with Crippen molar-refractivity contribution in [2.24, 2.45) is 0 Å². The second kappa shape index (κ2) is 3.25. The van der Waals surface area contributed by atoms with Crippen molar-refractivity contribution in [3.8, 4) is 0 Å². The molecule has 1 unspecified atom stereocenters. The van der Waals surface area contributed by atoms with E-state index in [1.54, 1.807) is 0 Å². The van der Waals surface area contributed by atoms with Crippen molar-refractivity contribution in [3.63, 3.8) is 0 Å². The number of hydrogen-bond donors (Lipinski definition) is 0. The molecular formula is C11H10O3. The van der Waals surface area contributed by atoms with Crippen LogP contribution in [0.5, 0.6) is 0 Å². The van der Waals surface area contributed by atoms with E-state index in [2.05, 4.69) is 4.74 Å². The molecule has 1 aromatic carbocycles. The molecule has 0 radical (unpaired) electrons. The van der Waals surface area contributed by atoms with E-state index in [1.807, 2.05) is 24.3 Å². The minimum Gasteiger partial charge on any atom is -0.468 e. The standard InChI is InChI=1S/C11H10O3/c1-14-11(13)10-8-5-3-2-4-7(8)6-9(10)12/h2-5,10H,6H2,1H3. The Labute approximate surface area is 81.7 Å². The largest absolute Gasteiger partial charge is 0.468 e. The lowest BCUT2D eigenvalue weighted by atomic mass is 10.0. The molecule has 3 nitrogen and oxygen atoms in total. The third-order valence-corrected chi connectivity index (χ3v) is 2.49. The van der Waals surface area contributed by atoms with Gasteiger partial charge in [-0.15, -0.1) is 0 Å². The maximum absolute atomic E-state index is 11.5. The van der Waals surface area contributed by atoms with Crippen LogP contribution in [0, 0.1) is 0 Å². The number of ketones is 1. The first-order valence-corrected chi connectivity index (χ1v) is 4.42. The van der Waals surface area contributed by atoms with Gasteiger partial charge in [0.1, 0.15) is 5.92 Å². The molecule has 0 aromatic heterocycles. The number of methoxy groups -OCH3 is 1. The molecule has 0 amide bonds. The molecular weight excluding hydrogens is 180 g/mol. The fraction of sp³-hybridized carbons (Fsp3) is 0.273. The Morgan fingerprint density at radius 1 is 1.43 bits per heavy atom. The van der Waals surface area contributed by atoms with Gasteiger partial charge in [0.15, 0.2) is 5.78 Å². The highest BCUT2D eigenvalue weighted by Gasteiger charge is 2.36. The Hall–Kier alpha value is -1.64. The van der Waals surface area contributed by atoms with Crippen LogP contribution in [0.25, 0.3) is 0 Å². The van der Waals surface area contributed by atoms with Crippen molar-refractivity contribution in [2.45, 2.75) is 12.3 Å². The second-order valence-corrected chi connectivity index (χ2v) is 3.30. The molecule has 1 aliphatic rings. The second-order valence-electron chi connectivity index (χ2n) is 3.30. The van der Waals surface area contributed by atoms with Gasteiger partial charge >= 0.3 is 5.97 Å². The van der Waals surface area contributed by atoms with Gasteiger partial charge in [-0.05, 0) is 11.1 Å². The molecule has 1 aromatic rings. The van der Waals surface area contributed by atoms with Crippen LogP contribution < -0.4 is 0 Å². The van der Waals surface area contributed by atoms with Crippen LogP contribution in [0.2, 0.25) is 0 Å². The lowest BCUT2D eigenvalue weighted by Gasteiger charge is -2.06. The van der Waals surface area contributed by atoms with E-state index in [4.69, 9.17) is 0 Å². The van der Waals surface area contributed by atoms with Crippen LogP contribution in [0.15, 0.2) is 24.3 Å². The average molecular weight is 190 g/mol. The number of benzene rings is 1. The van der Waals surface area contributed by atoms with E-state index < -0.39 is 11.9 Å². The van der Waals surface area contributed by atoms with E-state index in [0.29, 0.717) is 6.42 Å². The van der Waals surface area contributed by atoms with Crippen LogP contribution in [0.1, 0.15) is 17.0 Å². The van der Waals surface area contributed by atoms with E-state index >= 15 is 0 Å². The van der Waals surface area contributed by atoms with Crippen LogP contribution in [-0.4, -0.2) is 18.9 Å². The minimum absolute atomic E-state index is 0.0712. The van der Waals surface area contributed by atoms with Crippen molar-refractivity contribution >= 4 is 11.8 Å². The summed E-state index contributed by atoms with van der Waals surface area (Å²) in [7, 11) is 1.30. The number of Topliss-reactive ketones (excluding diaryl/α,β-unsaturated/α-hetero) is 1. The number of esters is 1. The first-order valence-electron chi connectivity index (χ1n) is 4.42. The normalized spacial score (nSPS) is 19.2. The predicted molar refractivity (Wildman–Crippen MR) is 49.9 cm³/mol.